The second kappa shape index (κ2) is 11.1. The minimum atomic E-state index is -0.381. The lowest BCUT2D eigenvalue weighted by Gasteiger charge is -2.09. The molecule has 1 amide bonds. The second-order valence-electron chi connectivity index (χ2n) is 6.29. The van der Waals surface area contributed by atoms with Crippen molar-refractivity contribution < 1.29 is 19.1 Å². The lowest BCUT2D eigenvalue weighted by Crippen LogP contribution is -2.12. The second-order valence-corrected chi connectivity index (χ2v) is 7.45. The lowest BCUT2D eigenvalue weighted by atomic mass is 10.1. The van der Waals surface area contributed by atoms with E-state index in [0.29, 0.717) is 30.0 Å². The molecule has 154 valence electrons. The molecule has 6 heteroatoms. The van der Waals surface area contributed by atoms with Crippen LogP contribution in [0.5, 0.6) is 5.75 Å². The van der Waals surface area contributed by atoms with Crippen LogP contribution in [0.15, 0.2) is 83.8 Å². The van der Waals surface area contributed by atoms with Gasteiger partial charge in [0.25, 0.3) is 5.91 Å². The number of esters is 1. The Balaban J connectivity index is 1.47. The first-order chi connectivity index (χ1) is 14.7. The fraction of sp³-hybridized carbons (Fsp3) is 0.167. The molecule has 0 bridgehead atoms. The Hall–Kier alpha value is -3.25. The third kappa shape index (κ3) is 6.39. The first-order valence-electron chi connectivity index (χ1n) is 9.65. The Morgan fingerprint density at radius 1 is 0.867 bits per heavy atom. The van der Waals surface area contributed by atoms with Gasteiger partial charge < -0.3 is 14.8 Å². The largest absolute Gasteiger partial charge is 0.493 e. The molecule has 0 aliphatic rings. The number of carbonyl (C=O) groups excluding carboxylic acids is 2. The summed E-state index contributed by atoms with van der Waals surface area (Å²) in [5, 5.41) is 2.81. The summed E-state index contributed by atoms with van der Waals surface area (Å²) in [5.41, 5.74) is 1.57. The minimum absolute atomic E-state index is 0.231. The highest BCUT2D eigenvalue weighted by Crippen LogP contribution is 2.18. The van der Waals surface area contributed by atoms with E-state index >= 15 is 0 Å². The van der Waals surface area contributed by atoms with Crippen LogP contribution < -0.4 is 10.1 Å². The van der Waals surface area contributed by atoms with E-state index in [1.54, 1.807) is 67.2 Å². The van der Waals surface area contributed by atoms with E-state index < -0.39 is 0 Å². The summed E-state index contributed by atoms with van der Waals surface area (Å²) < 4.78 is 10.7. The zero-order valence-electron chi connectivity index (χ0n) is 16.7. The van der Waals surface area contributed by atoms with E-state index in [2.05, 4.69) is 17.4 Å². The quantitative estimate of drug-likeness (QED) is 0.289. The predicted molar refractivity (Wildman–Crippen MR) is 119 cm³/mol. The van der Waals surface area contributed by atoms with Crippen LogP contribution in [0.4, 0.5) is 5.69 Å². The first-order valence-corrected chi connectivity index (χ1v) is 10.6. The molecule has 3 rings (SSSR count). The van der Waals surface area contributed by atoms with E-state index in [1.807, 2.05) is 18.2 Å². The Morgan fingerprint density at radius 3 is 2.20 bits per heavy atom. The Morgan fingerprint density at radius 2 is 1.53 bits per heavy atom. The summed E-state index contributed by atoms with van der Waals surface area (Å²) in [7, 11) is 0. The molecule has 1 N–H and O–H groups in total. The Bertz CT molecular complexity index is 957. The van der Waals surface area contributed by atoms with E-state index in [1.165, 1.54) is 4.90 Å². The van der Waals surface area contributed by atoms with Crippen molar-refractivity contribution in [3.05, 3.63) is 90.0 Å². The zero-order chi connectivity index (χ0) is 21.2. The summed E-state index contributed by atoms with van der Waals surface area (Å²) in [6, 6.07) is 23.8. The van der Waals surface area contributed by atoms with Crippen molar-refractivity contribution in [2.45, 2.75) is 11.8 Å². The highest BCUT2D eigenvalue weighted by molar-refractivity contribution is 7.99. The van der Waals surface area contributed by atoms with Crippen LogP contribution in [0.1, 0.15) is 27.6 Å². The van der Waals surface area contributed by atoms with Crippen molar-refractivity contribution in [2.24, 2.45) is 0 Å². The van der Waals surface area contributed by atoms with Gasteiger partial charge in [-0.1, -0.05) is 18.2 Å². The topological polar surface area (TPSA) is 64.6 Å². The van der Waals surface area contributed by atoms with Crippen LogP contribution >= 0.6 is 11.8 Å². The normalized spacial score (nSPS) is 10.3. The predicted octanol–water partition coefficient (Wildman–Crippen LogP) is 5.29. The average Bonchev–Trinajstić information content (AvgIpc) is 2.78. The molecule has 0 spiro atoms. The molecular weight excluding hydrogens is 398 g/mol. The highest BCUT2D eigenvalue weighted by Gasteiger charge is 2.09. The summed E-state index contributed by atoms with van der Waals surface area (Å²) in [4.78, 5) is 25.3. The van der Waals surface area contributed by atoms with Crippen LogP contribution in [0.3, 0.4) is 0 Å². The molecule has 30 heavy (non-hydrogen) atoms. The van der Waals surface area contributed by atoms with Crippen LogP contribution in [-0.4, -0.2) is 30.8 Å². The van der Waals surface area contributed by atoms with Crippen LogP contribution in [0, 0.1) is 0 Å². The molecule has 3 aromatic carbocycles. The number of amides is 1. The van der Waals surface area contributed by atoms with Crippen molar-refractivity contribution in [1.29, 1.82) is 0 Å². The van der Waals surface area contributed by atoms with Crippen molar-refractivity contribution >= 4 is 29.3 Å². The molecule has 0 aromatic heterocycles. The number of anilines is 1. The van der Waals surface area contributed by atoms with Gasteiger partial charge in [-0.2, -0.15) is 0 Å². The SMILES string of the molecule is CCOC(=O)c1ccc(NC(=O)c2ccc(OCCSc3ccccc3)cc2)cc1. The minimum Gasteiger partial charge on any atom is -0.493 e. The van der Waals surface area contributed by atoms with E-state index in [-0.39, 0.29) is 11.9 Å². The summed E-state index contributed by atoms with van der Waals surface area (Å²) in [6.45, 7) is 2.66. The summed E-state index contributed by atoms with van der Waals surface area (Å²) in [5.74, 6) is 0.950. The highest BCUT2D eigenvalue weighted by atomic mass is 32.2. The molecule has 0 aliphatic heterocycles. The van der Waals surface area contributed by atoms with Gasteiger partial charge in [0.1, 0.15) is 5.75 Å². The number of benzene rings is 3. The van der Waals surface area contributed by atoms with Gasteiger partial charge in [-0.3, -0.25) is 4.79 Å². The van der Waals surface area contributed by atoms with Crippen LogP contribution in [0.25, 0.3) is 0 Å². The molecule has 0 heterocycles. The maximum atomic E-state index is 12.4. The van der Waals surface area contributed by atoms with Crippen molar-refractivity contribution in [3.63, 3.8) is 0 Å². The van der Waals surface area contributed by atoms with Crippen molar-refractivity contribution in [3.8, 4) is 5.75 Å². The molecule has 0 saturated heterocycles. The van der Waals surface area contributed by atoms with Gasteiger partial charge in [-0.05, 0) is 67.6 Å². The van der Waals surface area contributed by atoms with E-state index in [0.717, 1.165) is 11.5 Å². The number of hydrogen-bond acceptors (Lipinski definition) is 5. The molecule has 0 radical (unpaired) electrons. The fourth-order valence-corrected chi connectivity index (χ4v) is 3.40. The van der Waals surface area contributed by atoms with Gasteiger partial charge >= 0.3 is 5.97 Å². The Kier molecular flexibility index (Phi) is 7.92. The van der Waals surface area contributed by atoms with Crippen molar-refractivity contribution in [1.82, 2.24) is 0 Å². The van der Waals surface area contributed by atoms with Crippen LogP contribution in [0.2, 0.25) is 0 Å². The summed E-state index contributed by atoms with van der Waals surface area (Å²) in [6.07, 6.45) is 0. The maximum absolute atomic E-state index is 12.4. The number of rotatable bonds is 9. The third-order valence-electron chi connectivity index (χ3n) is 4.13. The Labute approximate surface area is 180 Å². The van der Waals surface area contributed by atoms with Gasteiger partial charge in [-0.15, -0.1) is 11.8 Å². The smallest absolute Gasteiger partial charge is 0.338 e. The first kappa shape index (κ1) is 21.5. The molecular formula is C24H23NO4S. The third-order valence-corrected chi connectivity index (χ3v) is 5.11. The molecule has 0 unspecified atom stereocenters. The van der Waals surface area contributed by atoms with Crippen LogP contribution in [-0.2, 0) is 4.74 Å². The standard InChI is InChI=1S/C24H23NO4S/c1-2-28-24(27)19-8-12-20(13-9-19)25-23(26)18-10-14-21(15-11-18)29-16-17-30-22-6-4-3-5-7-22/h3-15H,2,16-17H2,1H3,(H,25,26). The number of nitrogens with one attached hydrogen (secondary N) is 1. The molecule has 5 nitrogen and oxygen atoms in total. The monoisotopic (exact) mass is 421 g/mol. The molecule has 0 aliphatic carbocycles. The number of ether oxygens (including phenoxy) is 2. The molecule has 0 fully saturated rings. The van der Waals surface area contributed by atoms with E-state index in [9.17, 15) is 9.59 Å². The van der Waals surface area contributed by atoms with Gasteiger partial charge in [-0.25, -0.2) is 4.79 Å². The molecule has 3 aromatic rings. The average molecular weight is 422 g/mol. The van der Waals surface area contributed by atoms with Gasteiger partial charge in [0.15, 0.2) is 0 Å². The number of hydrogen-bond donors (Lipinski definition) is 1. The molecule has 0 saturated carbocycles. The lowest BCUT2D eigenvalue weighted by molar-refractivity contribution is 0.0526. The van der Waals surface area contributed by atoms with Gasteiger partial charge in [0.05, 0.1) is 18.8 Å². The van der Waals surface area contributed by atoms with Crippen molar-refractivity contribution in [2.75, 3.05) is 24.3 Å². The number of thioether (sulfide) groups is 1. The molecule has 0 atom stereocenters. The maximum Gasteiger partial charge on any atom is 0.338 e. The number of carbonyl (C=O) groups is 2. The van der Waals surface area contributed by atoms with Gasteiger partial charge in [0, 0.05) is 21.9 Å². The van der Waals surface area contributed by atoms with Gasteiger partial charge in [0.2, 0.25) is 0 Å². The fourth-order valence-electron chi connectivity index (χ4n) is 2.65. The van der Waals surface area contributed by atoms with E-state index in [4.69, 9.17) is 9.47 Å². The summed E-state index contributed by atoms with van der Waals surface area (Å²) >= 11 is 1.74. The zero-order valence-corrected chi connectivity index (χ0v) is 17.5.